The van der Waals surface area contributed by atoms with Crippen LogP contribution in [0.1, 0.15) is 38.8 Å². The molecule has 3 rings (SSSR count). The number of carbonyl (C=O) groups is 2. The minimum Gasteiger partial charge on any atom is -0.462 e. The van der Waals surface area contributed by atoms with Gasteiger partial charge in [-0.2, -0.15) is 0 Å². The number of nitrogens with one attached hydrogen (secondary N) is 2. The number of pyridine rings is 1. The molecule has 0 atom stereocenters. The zero-order chi connectivity index (χ0) is 20.8. The van der Waals surface area contributed by atoms with Crippen molar-refractivity contribution in [3.63, 3.8) is 0 Å². The summed E-state index contributed by atoms with van der Waals surface area (Å²) in [6.07, 6.45) is 1.52. The molecule has 29 heavy (non-hydrogen) atoms. The summed E-state index contributed by atoms with van der Waals surface area (Å²) in [6.45, 7) is 6.08. The lowest BCUT2D eigenvalue weighted by Crippen LogP contribution is -2.13. The number of anilines is 3. The van der Waals surface area contributed by atoms with E-state index in [4.69, 9.17) is 4.74 Å². The molecule has 148 valence electrons. The van der Waals surface area contributed by atoms with E-state index in [1.165, 1.54) is 6.20 Å². The van der Waals surface area contributed by atoms with Crippen LogP contribution in [0.15, 0.2) is 60.8 Å². The molecule has 6 nitrogen and oxygen atoms in total. The van der Waals surface area contributed by atoms with Crippen molar-refractivity contribution in [2.45, 2.75) is 20.8 Å². The van der Waals surface area contributed by atoms with Crippen molar-refractivity contribution in [2.75, 3.05) is 17.2 Å². The Balaban J connectivity index is 1.63. The average Bonchev–Trinajstić information content (AvgIpc) is 2.71. The van der Waals surface area contributed by atoms with Gasteiger partial charge in [0.05, 0.1) is 17.7 Å². The summed E-state index contributed by atoms with van der Waals surface area (Å²) in [7, 11) is 0. The van der Waals surface area contributed by atoms with Crippen molar-refractivity contribution < 1.29 is 14.3 Å². The molecule has 0 spiro atoms. The molecule has 2 N–H and O–H groups in total. The first-order valence-electron chi connectivity index (χ1n) is 9.35. The zero-order valence-electron chi connectivity index (χ0n) is 16.7. The van der Waals surface area contributed by atoms with Crippen molar-refractivity contribution >= 4 is 29.1 Å². The van der Waals surface area contributed by atoms with Gasteiger partial charge in [0.15, 0.2) is 0 Å². The third-order valence-electron chi connectivity index (χ3n) is 4.32. The number of rotatable bonds is 6. The van der Waals surface area contributed by atoms with Gasteiger partial charge in [-0.1, -0.05) is 17.7 Å². The molecule has 3 aromatic rings. The summed E-state index contributed by atoms with van der Waals surface area (Å²) in [6, 6.07) is 16.2. The number of nitrogens with zero attached hydrogens (tertiary/aromatic N) is 1. The molecule has 0 fully saturated rings. The Bertz CT molecular complexity index is 1010. The van der Waals surface area contributed by atoms with E-state index in [1.54, 1.807) is 43.3 Å². The Morgan fingerprint density at radius 2 is 1.69 bits per heavy atom. The van der Waals surface area contributed by atoms with Gasteiger partial charge in [0.2, 0.25) is 0 Å². The Morgan fingerprint density at radius 1 is 0.966 bits per heavy atom. The van der Waals surface area contributed by atoms with Crippen LogP contribution in [0.2, 0.25) is 0 Å². The number of hydrogen-bond acceptors (Lipinski definition) is 5. The number of ether oxygens (including phenoxy) is 1. The van der Waals surface area contributed by atoms with E-state index in [9.17, 15) is 9.59 Å². The molecule has 1 amide bonds. The number of carbonyl (C=O) groups excluding carboxylic acids is 2. The number of aryl methyl sites for hydroxylation is 2. The zero-order valence-corrected chi connectivity index (χ0v) is 16.7. The van der Waals surface area contributed by atoms with E-state index in [1.807, 2.05) is 32.0 Å². The van der Waals surface area contributed by atoms with E-state index in [0.29, 0.717) is 23.6 Å². The van der Waals surface area contributed by atoms with Gasteiger partial charge >= 0.3 is 5.97 Å². The van der Waals surface area contributed by atoms with E-state index < -0.39 is 0 Å². The number of amides is 1. The van der Waals surface area contributed by atoms with Gasteiger partial charge in [0.1, 0.15) is 5.82 Å². The molecule has 1 heterocycles. The summed E-state index contributed by atoms with van der Waals surface area (Å²) in [5.74, 6) is 0.0306. The first kappa shape index (κ1) is 20.1. The van der Waals surface area contributed by atoms with Gasteiger partial charge in [-0.25, -0.2) is 9.78 Å². The Hall–Kier alpha value is -3.67. The van der Waals surface area contributed by atoms with E-state index in [-0.39, 0.29) is 11.9 Å². The molecule has 1 aromatic heterocycles. The third kappa shape index (κ3) is 5.19. The molecule has 6 heteroatoms. The van der Waals surface area contributed by atoms with Gasteiger partial charge in [-0.3, -0.25) is 4.79 Å². The van der Waals surface area contributed by atoms with Crippen LogP contribution in [-0.4, -0.2) is 23.5 Å². The fourth-order valence-electron chi connectivity index (χ4n) is 2.80. The lowest BCUT2D eigenvalue weighted by molar-refractivity contribution is 0.0526. The smallest absolute Gasteiger partial charge is 0.338 e. The maximum absolute atomic E-state index is 12.5. The fourth-order valence-corrected chi connectivity index (χ4v) is 2.80. The Kier molecular flexibility index (Phi) is 6.24. The van der Waals surface area contributed by atoms with Crippen molar-refractivity contribution in [1.82, 2.24) is 4.98 Å². The normalized spacial score (nSPS) is 10.3. The quantitative estimate of drug-likeness (QED) is 0.588. The lowest BCUT2D eigenvalue weighted by atomic mass is 10.1. The Morgan fingerprint density at radius 3 is 2.31 bits per heavy atom. The topological polar surface area (TPSA) is 80.3 Å². The minimum absolute atomic E-state index is 0.213. The predicted octanol–water partition coefficient (Wildman–Crippen LogP) is 4.87. The fraction of sp³-hybridized carbons (Fsp3) is 0.174. The second-order valence-corrected chi connectivity index (χ2v) is 6.63. The molecule has 0 saturated carbocycles. The predicted molar refractivity (Wildman–Crippen MR) is 114 cm³/mol. The SMILES string of the molecule is CCOC(=O)c1ccc(Nc2ccc(C(=O)Nc3ccc(C)cc3C)cn2)cc1. The number of esters is 1. The van der Waals surface area contributed by atoms with Crippen molar-refractivity contribution in [3.8, 4) is 0 Å². The highest BCUT2D eigenvalue weighted by atomic mass is 16.5. The van der Waals surface area contributed by atoms with Crippen LogP contribution >= 0.6 is 0 Å². The molecular formula is C23H23N3O3. The molecule has 0 aliphatic heterocycles. The number of aromatic nitrogens is 1. The molecule has 0 saturated heterocycles. The monoisotopic (exact) mass is 389 g/mol. The van der Waals surface area contributed by atoms with Crippen molar-refractivity contribution in [3.05, 3.63) is 83.0 Å². The first-order chi connectivity index (χ1) is 14.0. The standard InChI is InChI=1S/C23H23N3O3/c1-4-29-23(28)17-6-9-19(10-7-17)25-21-12-8-18(14-24-21)22(27)26-20-11-5-15(2)13-16(20)3/h5-14H,4H2,1-3H3,(H,24,25)(H,26,27). The van der Waals surface area contributed by atoms with Crippen LogP contribution in [0.3, 0.4) is 0 Å². The van der Waals surface area contributed by atoms with E-state index in [2.05, 4.69) is 15.6 Å². The first-order valence-corrected chi connectivity index (χ1v) is 9.35. The van der Waals surface area contributed by atoms with Crippen LogP contribution in [-0.2, 0) is 4.74 Å². The highest BCUT2D eigenvalue weighted by molar-refractivity contribution is 6.04. The van der Waals surface area contributed by atoms with Gasteiger partial charge in [-0.05, 0) is 68.8 Å². The second kappa shape index (κ2) is 9.01. The van der Waals surface area contributed by atoms with Gasteiger partial charge < -0.3 is 15.4 Å². The number of benzene rings is 2. The summed E-state index contributed by atoms with van der Waals surface area (Å²) in [5, 5.41) is 6.05. The minimum atomic E-state index is -0.351. The van der Waals surface area contributed by atoms with Gasteiger partial charge in [-0.15, -0.1) is 0 Å². The average molecular weight is 389 g/mol. The summed E-state index contributed by atoms with van der Waals surface area (Å²) in [5.41, 5.74) is 4.67. The summed E-state index contributed by atoms with van der Waals surface area (Å²) in [4.78, 5) is 28.4. The van der Waals surface area contributed by atoms with Crippen LogP contribution in [0, 0.1) is 13.8 Å². The molecule has 2 aromatic carbocycles. The summed E-state index contributed by atoms with van der Waals surface area (Å²) < 4.78 is 4.97. The van der Waals surface area contributed by atoms with Crippen molar-refractivity contribution in [2.24, 2.45) is 0 Å². The molecule has 0 radical (unpaired) electrons. The second-order valence-electron chi connectivity index (χ2n) is 6.63. The number of hydrogen-bond donors (Lipinski definition) is 2. The highest BCUT2D eigenvalue weighted by Gasteiger charge is 2.09. The van der Waals surface area contributed by atoms with E-state index in [0.717, 1.165) is 22.5 Å². The molecule has 0 bridgehead atoms. The van der Waals surface area contributed by atoms with Gasteiger partial charge in [0, 0.05) is 17.6 Å². The maximum Gasteiger partial charge on any atom is 0.338 e. The third-order valence-corrected chi connectivity index (χ3v) is 4.32. The van der Waals surface area contributed by atoms with Crippen LogP contribution in [0.5, 0.6) is 0 Å². The summed E-state index contributed by atoms with van der Waals surface area (Å²) >= 11 is 0. The van der Waals surface area contributed by atoms with Crippen LogP contribution in [0.4, 0.5) is 17.2 Å². The van der Waals surface area contributed by atoms with Crippen LogP contribution < -0.4 is 10.6 Å². The van der Waals surface area contributed by atoms with E-state index >= 15 is 0 Å². The lowest BCUT2D eigenvalue weighted by Gasteiger charge is -2.10. The van der Waals surface area contributed by atoms with Gasteiger partial charge in [0.25, 0.3) is 5.91 Å². The molecular weight excluding hydrogens is 366 g/mol. The highest BCUT2D eigenvalue weighted by Crippen LogP contribution is 2.19. The maximum atomic E-state index is 12.5. The van der Waals surface area contributed by atoms with Crippen molar-refractivity contribution in [1.29, 1.82) is 0 Å². The Labute approximate surface area is 169 Å². The largest absolute Gasteiger partial charge is 0.462 e. The molecule has 0 aliphatic carbocycles. The molecule has 0 unspecified atom stereocenters. The molecule has 0 aliphatic rings. The van der Waals surface area contributed by atoms with Crippen LogP contribution in [0.25, 0.3) is 0 Å².